The van der Waals surface area contributed by atoms with Crippen LogP contribution >= 0.6 is 0 Å². The number of hydrogen-bond donors (Lipinski definition) is 1. The van der Waals surface area contributed by atoms with Crippen molar-refractivity contribution in [2.75, 3.05) is 19.8 Å². The molecule has 5 nitrogen and oxygen atoms in total. The van der Waals surface area contributed by atoms with Gasteiger partial charge in [-0.15, -0.1) is 0 Å². The van der Waals surface area contributed by atoms with Gasteiger partial charge in [0.2, 0.25) is 0 Å². The molecule has 1 aromatic carbocycles. The van der Waals surface area contributed by atoms with Crippen LogP contribution in [0.1, 0.15) is 12.3 Å². The Morgan fingerprint density at radius 1 is 1.25 bits per heavy atom. The van der Waals surface area contributed by atoms with E-state index < -0.39 is 9.84 Å². The van der Waals surface area contributed by atoms with Crippen molar-refractivity contribution in [2.45, 2.75) is 17.7 Å². The zero-order chi connectivity index (χ0) is 14.6. The van der Waals surface area contributed by atoms with E-state index in [1.807, 2.05) is 7.05 Å². The van der Waals surface area contributed by atoms with Crippen molar-refractivity contribution in [2.24, 2.45) is 0 Å². The number of rotatable bonds is 6. The van der Waals surface area contributed by atoms with Crippen LogP contribution in [-0.4, -0.2) is 33.2 Å². The number of nitrogens with one attached hydrogen (secondary N) is 1. The summed E-state index contributed by atoms with van der Waals surface area (Å²) < 4.78 is 28.4. The fourth-order valence-corrected chi connectivity index (χ4v) is 2.47. The standard InChI is InChI=1S/C14H18N2O3S/c1-15-9-3-4-14-16-10-13(19-14)11-5-7-12(8-6-11)20(2,17)18/h5-8,10,15H,3-4,9H2,1-2H3. The number of aryl methyl sites for hydroxylation is 1. The van der Waals surface area contributed by atoms with Crippen molar-refractivity contribution >= 4 is 9.84 Å². The van der Waals surface area contributed by atoms with E-state index in [2.05, 4.69) is 10.3 Å². The van der Waals surface area contributed by atoms with Crippen LogP contribution in [0.25, 0.3) is 11.3 Å². The van der Waals surface area contributed by atoms with E-state index in [-0.39, 0.29) is 0 Å². The molecule has 2 aromatic rings. The fraction of sp³-hybridized carbons (Fsp3) is 0.357. The van der Waals surface area contributed by atoms with E-state index in [0.29, 0.717) is 16.5 Å². The highest BCUT2D eigenvalue weighted by atomic mass is 32.2. The summed E-state index contributed by atoms with van der Waals surface area (Å²) in [6.07, 6.45) is 4.60. The lowest BCUT2D eigenvalue weighted by molar-refractivity contribution is 0.495. The molecule has 0 saturated carbocycles. The van der Waals surface area contributed by atoms with Crippen LogP contribution in [0.4, 0.5) is 0 Å². The molecule has 0 aliphatic heterocycles. The highest BCUT2D eigenvalue weighted by Gasteiger charge is 2.09. The average molecular weight is 294 g/mol. The van der Waals surface area contributed by atoms with E-state index >= 15 is 0 Å². The average Bonchev–Trinajstić information content (AvgIpc) is 2.87. The van der Waals surface area contributed by atoms with Crippen LogP contribution < -0.4 is 5.32 Å². The molecule has 0 atom stereocenters. The Bertz CT molecular complexity index is 660. The summed E-state index contributed by atoms with van der Waals surface area (Å²) in [6, 6.07) is 6.62. The van der Waals surface area contributed by atoms with Gasteiger partial charge in [-0.1, -0.05) is 0 Å². The third-order valence-electron chi connectivity index (χ3n) is 2.94. The van der Waals surface area contributed by atoms with Crippen molar-refractivity contribution in [3.63, 3.8) is 0 Å². The zero-order valence-corrected chi connectivity index (χ0v) is 12.4. The van der Waals surface area contributed by atoms with Crippen LogP contribution in [0.15, 0.2) is 39.8 Å². The summed E-state index contributed by atoms with van der Waals surface area (Å²) in [5, 5.41) is 3.07. The molecule has 0 aliphatic carbocycles. The molecule has 108 valence electrons. The Morgan fingerprint density at radius 3 is 2.55 bits per heavy atom. The molecule has 0 saturated heterocycles. The molecule has 0 unspecified atom stereocenters. The van der Waals surface area contributed by atoms with E-state index in [0.717, 1.165) is 24.9 Å². The number of oxazole rings is 1. The Labute approximate surface area is 119 Å². The number of sulfone groups is 1. The van der Waals surface area contributed by atoms with Crippen LogP contribution in [0, 0.1) is 0 Å². The Kier molecular flexibility index (Phi) is 4.57. The van der Waals surface area contributed by atoms with Crippen LogP contribution in [0.2, 0.25) is 0 Å². The van der Waals surface area contributed by atoms with Crippen molar-refractivity contribution in [1.29, 1.82) is 0 Å². The first-order valence-corrected chi connectivity index (χ1v) is 8.29. The fourth-order valence-electron chi connectivity index (χ4n) is 1.84. The molecule has 20 heavy (non-hydrogen) atoms. The second kappa shape index (κ2) is 6.19. The summed E-state index contributed by atoms with van der Waals surface area (Å²) >= 11 is 0. The van der Waals surface area contributed by atoms with E-state index in [9.17, 15) is 8.42 Å². The van der Waals surface area contributed by atoms with Gasteiger partial charge in [-0.25, -0.2) is 13.4 Å². The lowest BCUT2D eigenvalue weighted by atomic mass is 10.2. The van der Waals surface area contributed by atoms with Gasteiger partial charge in [0.15, 0.2) is 21.5 Å². The van der Waals surface area contributed by atoms with Gasteiger partial charge in [0.1, 0.15) is 0 Å². The first-order valence-electron chi connectivity index (χ1n) is 6.40. The van der Waals surface area contributed by atoms with Gasteiger partial charge in [-0.05, 0) is 44.3 Å². The lowest BCUT2D eigenvalue weighted by Gasteiger charge is -2.00. The molecule has 6 heteroatoms. The third-order valence-corrected chi connectivity index (χ3v) is 4.07. The first-order chi connectivity index (χ1) is 9.50. The lowest BCUT2D eigenvalue weighted by Crippen LogP contribution is -2.08. The Hall–Kier alpha value is -1.66. The van der Waals surface area contributed by atoms with Crippen molar-refractivity contribution < 1.29 is 12.8 Å². The van der Waals surface area contributed by atoms with Crippen molar-refractivity contribution in [3.8, 4) is 11.3 Å². The predicted molar refractivity (Wildman–Crippen MR) is 77.3 cm³/mol. The summed E-state index contributed by atoms with van der Waals surface area (Å²) in [6.45, 7) is 0.917. The molecule has 0 fully saturated rings. The highest BCUT2D eigenvalue weighted by molar-refractivity contribution is 7.90. The van der Waals surface area contributed by atoms with E-state index in [4.69, 9.17) is 4.42 Å². The Morgan fingerprint density at radius 2 is 1.95 bits per heavy atom. The smallest absolute Gasteiger partial charge is 0.194 e. The summed E-state index contributed by atoms with van der Waals surface area (Å²) in [4.78, 5) is 4.52. The van der Waals surface area contributed by atoms with Gasteiger partial charge < -0.3 is 9.73 Å². The number of aromatic nitrogens is 1. The van der Waals surface area contributed by atoms with Gasteiger partial charge in [0.25, 0.3) is 0 Å². The summed E-state index contributed by atoms with van der Waals surface area (Å²) in [5.74, 6) is 1.35. The maximum atomic E-state index is 11.4. The molecule has 1 aromatic heterocycles. The SMILES string of the molecule is CNCCCc1ncc(-c2ccc(S(C)(=O)=O)cc2)o1. The van der Waals surface area contributed by atoms with Gasteiger partial charge in [-0.2, -0.15) is 0 Å². The summed E-state index contributed by atoms with van der Waals surface area (Å²) in [7, 11) is -1.26. The van der Waals surface area contributed by atoms with Gasteiger partial charge in [0, 0.05) is 18.2 Å². The molecule has 1 heterocycles. The minimum Gasteiger partial charge on any atom is -0.441 e. The number of hydrogen-bond acceptors (Lipinski definition) is 5. The van der Waals surface area contributed by atoms with Gasteiger partial charge >= 0.3 is 0 Å². The summed E-state index contributed by atoms with van der Waals surface area (Å²) in [5.41, 5.74) is 0.824. The normalized spacial score (nSPS) is 11.7. The minimum absolute atomic E-state index is 0.301. The number of nitrogens with zero attached hydrogens (tertiary/aromatic N) is 1. The third kappa shape index (κ3) is 3.68. The molecular formula is C14H18N2O3S. The molecule has 1 N–H and O–H groups in total. The molecule has 2 rings (SSSR count). The van der Waals surface area contributed by atoms with E-state index in [1.165, 1.54) is 6.26 Å². The molecule has 0 radical (unpaired) electrons. The first kappa shape index (κ1) is 14.7. The molecule has 0 amide bonds. The largest absolute Gasteiger partial charge is 0.441 e. The monoisotopic (exact) mass is 294 g/mol. The van der Waals surface area contributed by atoms with Crippen molar-refractivity contribution in [1.82, 2.24) is 10.3 Å². The van der Waals surface area contributed by atoms with Gasteiger partial charge in [-0.3, -0.25) is 0 Å². The predicted octanol–water partition coefficient (Wildman–Crippen LogP) is 1.90. The molecule has 0 spiro atoms. The second-order valence-corrected chi connectivity index (χ2v) is 6.64. The van der Waals surface area contributed by atoms with Crippen LogP contribution in [-0.2, 0) is 16.3 Å². The minimum atomic E-state index is -3.16. The maximum Gasteiger partial charge on any atom is 0.194 e. The quantitative estimate of drug-likeness (QED) is 0.824. The Balaban J connectivity index is 2.12. The zero-order valence-electron chi connectivity index (χ0n) is 11.6. The number of benzene rings is 1. The van der Waals surface area contributed by atoms with Crippen LogP contribution in [0.3, 0.4) is 0 Å². The highest BCUT2D eigenvalue weighted by Crippen LogP contribution is 2.22. The molecular weight excluding hydrogens is 276 g/mol. The topological polar surface area (TPSA) is 72.2 Å². The molecule has 0 aliphatic rings. The van der Waals surface area contributed by atoms with Gasteiger partial charge in [0.05, 0.1) is 11.1 Å². The van der Waals surface area contributed by atoms with E-state index in [1.54, 1.807) is 30.5 Å². The van der Waals surface area contributed by atoms with Crippen molar-refractivity contribution in [3.05, 3.63) is 36.4 Å². The molecule has 0 bridgehead atoms. The van der Waals surface area contributed by atoms with Crippen LogP contribution in [0.5, 0.6) is 0 Å². The maximum absolute atomic E-state index is 11.4. The second-order valence-electron chi connectivity index (χ2n) is 4.62.